The molecular formula is C4H8O3P+. The summed E-state index contributed by atoms with van der Waals surface area (Å²) in [6.07, 6.45) is 0.0217. The van der Waals surface area contributed by atoms with E-state index in [2.05, 4.69) is 4.74 Å². The molecule has 0 aliphatic rings. The lowest BCUT2D eigenvalue weighted by atomic mass is 10.8. The molecular weight excluding hydrogens is 127 g/mol. The van der Waals surface area contributed by atoms with E-state index in [1.54, 1.807) is 6.92 Å². The highest BCUT2D eigenvalue weighted by atomic mass is 31.1. The maximum atomic E-state index is 10.2. The summed E-state index contributed by atoms with van der Waals surface area (Å²) in [5.74, 6) is -0.388. The average molecular weight is 135 g/mol. The quantitative estimate of drug-likeness (QED) is 0.419. The molecule has 0 fully saturated rings. The van der Waals surface area contributed by atoms with Gasteiger partial charge < -0.3 is 4.74 Å². The Morgan fingerprint density at radius 1 is 1.75 bits per heavy atom. The van der Waals surface area contributed by atoms with Gasteiger partial charge in [0, 0.05) is 0 Å². The third-order valence-electron chi connectivity index (χ3n) is 0.522. The molecule has 0 bridgehead atoms. The van der Waals surface area contributed by atoms with Gasteiger partial charge in [-0.1, -0.05) is 4.57 Å². The molecule has 0 aromatic rings. The van der Waals surface area contributed by atoms with Crippen molar-refractivity contribution in [3.63, 3.8) is 0 Å². The lowest BCUT2D eigenvalue weighted by Gasteiger charge is -1.90. The third-order valence-corrected chi connectivity index (χ3v) is 0.955. The molecule has 0 heterocycles. The predicted octanol–water partition coefficient (Wildman–Crippen LogP) is 0.573. The first-order chi connectivity index (χ1) is 3.81. The normalized spacial score (nSPS) is 9.12. The Labute approximate surface area is 49.2 Å². The summed E-state index contributed by atoms with van der Waals surface area (Å²) >= 11 is 0. The number of rotatable bonds is 3. The lowest BCUT2D eigenvalue weighted by Crippen LogP contribution is -2.04. The molecule has 1 atom stereocenters. The van der Waals surface area contributed by atoms with Crippen LogP contribution in [0.5, 0.6) is 0 Å². The molecule has 0 radical (unpaired) electrons. The third kappa shape index (κ3) is 3.75. The van der Waals surface area contributed by atoms with E-state index in [9.17, 15) is 9.36 Å². The van der Waals surface area contributed by atoms with Crippen molar-refractivity contribution in [3.8, 4) is 0 Å². The maximum absolute atomic E-state index is 10.2. The van der Waals surface area contributed by atoms with Crippen molar-refractivity contribution in [2.75, 3.05) is 12.8 Å². The van der Waals surface area contributed by atoms with Gasteiger partial charge >= 0.3 is 14.4 Å². The van der Waals surface area contributed by atoms with E-state index in [1.165, 1.54) is 0 Å². The van der Waals surface area contributed by atoms with Crippen molar-refractivity contribution in [2.45, 2.75) is 6.92 Å². The predicted molar refractivity (Wildman–Crippen MR) is 30.5 cm³/mol. The van der Waals surface area contributed by atoms with E-state index in [4.69, 9.17) is 0 Å². The van der Waals surface area contributed by atoms with Gasteiger partial charge in [-0.2, -0.15) is 0 Å². The monoisotopic (exact) mass is 135 g/mol. The number of hydrogen-bond donors (Lipinski definition) is 0. The van der Waals surface area contributed by atoms with E-state index in [0.29, 0.717) is 6.61 Å². The molecule has 0 aromatic carbocycles. The van der Waals surface area contributed by atoms with E-state index < -0.39 is 8.46 Å². The SMILES string of the molecule is CCOC(=O)C[PH+]=O. The van der Waals surface area contributed by atoms with E-state index >= 15 is 0 Å². The zero-order valence-electron chi connectivity index (χ0n) is 4.64. The van der Waals surface area contributed by atoms with Crippen LogP contribution in [-0.2, 0) is 14.1 Å². The Bertz CT molecular complexity index is 91.3. The van der Waals surface area contributed by atoms with E-state index in [-0.39, 0.29) is 12.1 Å². The Morgan fingerprint density at radius 3 is 2.75 bits per heavy atom. The molecule has 4 heteroatoms. The van der Waals surface area contributed by atoms with Gasteiger partial charge in [0.2, 0.25) is 6.16 Å². The van der Waals surface area contributed by atoms with Crippen LogP contribution in [0.1, 0.15) is 6.92 Å². The molecule has 8 heavy (non-hydrogen) atoms. The Hall–Kier alpha value is -0.430. The lowest BCUT2D eigenvalue weighted by molar-refractivity contribution is -0.139. The molecule has 0 rings (SSSR count). The molecule has 0 aliphatic carbocycles. The summed E-state index contributed by atoms with van der Waals surface area (Å²) in [5.41, 5.74) is 0. The summed E-state index contributed by atoms with van der Waals surface area (Å²) in [5, 5.41) is 0. The summed E-state index contributed by atoms with van der Waals surface area (Å²) in [4.78, 5) is 10.2. The summed E-state index contributed by atoms with van der Waals surface area (Å²) in [6.45, 7) is 2.08. The zero-order valence-corrected chi connectivity index (χ0v) is 5.64. The van der Waals surface area contributed by atoms with Crippen LogP contribution in [0.2, 0.25) is 0 Å². The fourth-order valence-corrected chi connectivity index (χ4v) is 0.491. The standard InChI is InChI=1S/C4H7O3P/c1-2-7-4(5)3-8-6/h2-3H2,1H3/p+1. The minimum Gasteiger partial charge on any atom is -0.463 e. The van der Waals surface area contributed by atoms with Gasteiger partial charge in [0.25, 0.3) is 0 Å². The molecule has 0 aromatic heterocycles. The molecule has 1 unspecified atom stereocenters. The number of ether oxygens (including phenoxy) is 1. The molecule has 0 saturated carbocycles. The fourth-order valence-electron chi connectivity index (χ4n) is 0.271. The molecule has 0 amide bonds. The van der Waals surface area contributed by atoms with Crippen LogP contribution in [0.25, 0.3) is 0 Å². The van der Waals surface area contributed by atoms with Crippen LogP contribution in [0, 0.1) is 0 Å². The van der Waals surface area contributed by atoms with Gasteiger partial charge in [-0.25, -0.2) is 4.79 Å². The smallest absolute Gasteiger partial charge is 0.354 e. The largest absolute Gasteiger partial charge is 0.463 e. The second-order valence-corrected chi connectivity index (χ2v) is 1.77. The molecule has 0 aliphatic heterocycles. The molecule has 3 nitrogen and oxygen atoms in total. The topological polar surface area (TPSA) is 43.4 Å². The first kappa shape index (κ1) is 7.57. The van der Waals surface area contributed by atoms with Crippen LogP contribution < -0.4 is 0 Å². The Morgan fingerprint density at radius 2 is 2.38 bits per heavy atom. The van der Waals surface area contributed by atoms with Crippen molar-refractivity contribution >= 4 is 14.4 Å². The van der Waals surface area contributed by atoms with Gasteiger partial charge in [-0.05, 0) is 6.92 Å². The van der Waals surface area contributed by atoms with Crippen LogP contribution in [0.15, 0.2) is 0 Å². The summed E-state index contributed by atoms with van der Waals surface area (Å²) in [6, 6.07) is 0. The van der Waals surface area contributed by atoms with Crippen molar-refractivity contribution in [1.82, 2.24) is 0 Å². The fraction of sp³-hybridized carbons (Fsp3) is 0.750. The Kier molecular flexibility index (Phi) is 4.47. The van der Waals surface area contributed by atoms with Gasteiger partial charge in [0.05, 0.1) is 6.61 Å². The number of hydrogen-bond acceptors (Lipinski definition) is 3. The van der Waals surface area contributed by atoms with Gasteiger partial charge in [0.15, 0.2) is 0 Å². The zero-order chi connectivity index (χ0) is 6.41. The first-order valence-electron chi connectivity index (χ1n) is 2.32. The summed E-state index contributed by atoms with van der Waals surface area (Å²) < 4.78 is 14.2. The number of carbonyl (C=O) groups excluding carboxylic acids is 1. The van der Waals surface area contributed by atoms with Gasteiger partial charge in [-0.15, -0.1) is 0 Å². The highest BCUT2D eigenvalue weighted by Crippen LogP contribution is 1.91. The van der Waals surface area contributed by atoms with Crippen LogP contribution >= 0.6 is 8.46 Å². The van der Waals surface area contributed by atoms with Gasteiger partial charge in [-0.3, -0.25) is 0 Å². The molecule has 0 N–H and O–H groups in total. The van der Waals surface area contributed by atoms with Gasteiger partial charge in [0.1, 0.15) is 0 Å². The second-order valence-electron chi connectivity index (χ2n) is 1.13. The first-order valence-corrected chi connectivity index (χ1v) is 3.43. The van der Waals surface area contributed by atoms with Crippen LogP contribution in [-0.4, -0.2) is 18.7 Å². The van der Waals surface area contributed by atoms with E-state index in [1.807, 2.05) is 0 Å². The summed E-state index contributed by atoms with van der Waals surface area (Å²) in [7, 11) is -0.577. The molecule has 0 saturated heterocycles. The molecule has 46 valence electrons. The van der Waals surface area contributed by atoms with Crippen LogP contribution in [0.4, 0.5) is 0 Å². The number of esters is 1. The van der Waals surface area contributed by atoms with E-state index in [0.717, 1.165) is 0 Å². The highest BCUT2D eigenvalue weighted by molar-refractivity contribution is 7.25. The maximum Gasteiger partial charge on any atom is 0.354 e. The van der Waals surface area contributed by atoms with Crippen molar-refractivity contribution in [1.29, 1.82) is 0 Å². The Balaban J connectivity index is 3.18. The van der Waals surface area contributed by atoms with Crippen molar-refractivity contribution in [2.24, 2.45) is 0 Å². The second kappa shape index (κ2) is 4.72. The minimum atomic E-state index is -0.577. The van der Waals surface area contributed by atoms with Crippen molar-refractivity contribution < 1.29 is 14.1 Å². The van der Waals surface area contributed by atoms with Crippen molar-refractivity contribution in [3.05, 3.63) is 0 Å². The minimum absolute atomic E-state index is 0.0217. The number of carbonyl (C=O) groups is 1. The highest BCUT2D eigenvalue weighted by Gasteiger charge is 2.03. The average Bonchev–Trinajstić information content (AvgIpc) is 1.68. The van der Waals surface area contributed by atoms with Crippen LogP contribution in [0.3, 0.4) is 0 Å². The molecule has 0 spiro atoms.